The van der Waals surface area contributed by atoms with Crippen LogP contribution in [-0.2, 0) is 17.6 Å². The quantitative estimate of drug-likeness (QED) is 0.885. The van der Waals surface area contributed by atoms with Gasteiger partial charge in [0.1, 0.15) is 5.78 Å². The minimum absolute atomic E-state index is 0.232. The Morgan fingerprint density at radius 3 is 2.58 bits per heavy atom. The lowest BCUT2D eigenvalue weighted by Gasteiger charge is -2.26. The van der Waals surface area contributed by atoms with E-state index in [1.807, 2.05) is 12.3 Å². The number of rotatable bonds is 5. The molecule has 104 valence electrons. The average molecular weight is 260 g/mol. The number of carbonyl (C=O) groups excluding carboxylic acids is 1. The Hall–Kier alpha value is -1.22. The van der Waals surface area contributed by atoms with E-state index in [1.54, 1.807) is 0 Å². The summed E-state index contributed by atoms with van der Waals surface area (Å²) in [4.78, 5) is 16.6. The molecule has 1 heterocycles. The summed E-state index contributed by atoms with van der Waals surface area (Å²) in [5, 5.41) is 0. The van der Waals surface area contributed by atoms with Crippen LogP contribution in [0, 0.1) is 11.8 Å². The van der Waals surface area contributed by atoms with E-state index in [4.69, 9.17) is 5.73 Å². The fraction of sp³-hybridized carbons (Fsp3) is 0.625. The fourth-order valence-corrected chi connectivity index (χ4v) is 2.81. The number of pyridine rings is 1. The lowest BCUT2D eigenvalue weighted by molar-refractivity contribution is -0.123. The molecule has 1 saturated carbocycles. The molecular formula is C16H24N2O. The van der Waals surface area contributed by atoms with Gasteiger partial charge in [0.05, 0.1) is 0 Å². The molecule has 0 bridgehead atoms. The van der Waals surface area contributed by atoms with Crippen LogP contribution in [0.4, 0.5) is 0 Å². The average Bonchev–Trinajstić information content (AvgIpc) is 2.48. The monoisotopic (exact) mass is 260 g/mol. The molecule has 1 aromatic heterocycles. The summed E-state index contributed by atoms with van der Waals surface area (Å²) in [6, 6.07) is 4.06. The van der Waals surface area contributed by atoms with Crippen LogP contribution in [0.3, 0.4) is 0 Å². The van der Waals surface area contributed by atoms with Gasteiger partial charge in [0.2, 0.25) is 0 Å². The lowest BCUT2D eigenvalue weighted by Crippen LogP contribution is -2.26. The van der Waals surface area contributed by atoms with Gasteiger partial charge in [-0.3, -0.25) is 9.78 Å². The van der Waals surface area contributed by atoms with E-state index in [9.17, 15) is 4.79 Å². The number of hydrogen-bond donors (Lipinski definition) is 1. The largest absolute Gasteiger partial charge is 0.330 e. The first-order valence-electron chi connectivity index (χ1n) is 7.39. The van der Waals surface area contributed by atoms with Gasteiger partial charge in [-0.05, 0) is 56.2 Å². The van der Waals surface area contributed by atoms with Crippen LogP contribution in [-0.4, -0.2) is 17.3 Å². The molecule has 0 aromatic carbocycles. The summed E-state index contributed by atoms with van der Waals surface area (Å²) in [5.41, 5.74) is 7.81. The van der Waals surface area contributed by atoms with Crippen molar-refractivity contribution in [1.29, 1.82) is 0 Å². The van der Waals surface area contributed by atoms with Crippen molar-refractivity contribution in [2.75, 3.05) is 6.54 Å². The topological polar surface area (TPSA) is 56.0 Å². The number of carbonyl (C=O) groups is 1. The summed E-state index contributed by atoms with van der Waals surface area (Å²) >= 11 is 0. The zero-order chi connectivity index (χ0) is 13.7. The van der Waals surface area contributed by atoms with E-state index in [1.165, 1.54) is 5.56 Å². The number of aromatic nitrogens is 1. The maximum absolute atomic E-state index is 12.2. The molecule has 3 nitrogen and oxygen atoms in total. The molecule has 1 aromatic rings. The molecule has 0 radical (unpaired) electrons. The van der Waals surface area contributed by atoms with E-state index in [0.29, 0.717) is 18.1 Å². The summed E-state index contributed by atoms with van der Waals surface area (Å²) in [7, 11) is 0. The van der Waals surface area contributed by atoms with E-state index in [2.05, 4.69) is 18.0 Å². The summed E-state index contributed by atoms with van der Waals surface area (Å²) in [6.45, 7) is 2.87. The molecule has 0 amide bonds. The highest BCUT2D eigenvalue weighted by Crippen LogP contribution is 2.29. The van der Waals surface area contributed by atoms with Crippen molar-refractivity contribution in [3.8, 4) is 0 Å². The molecular weight excluding hydrogens is 236 g/mol. The van der Waals surface area contributed by atoms with Gasteiger partial charge < -0.3 is 5.73 Å². The van der Waals surface area contributed by atoms with Crippen LogP contribution >= 0.6 is 0 Å². The van der Waals surface area contributed by atoms with Crippen LogP contribution < -0.4 is 5.73 Å². The third-order valence-corrected chi connectivity index (χ3v) is 4.29. The van der Waals surface area contributed by atoms with Gasteiger partial charge in [-0.1, -0.05) is 13.0 Å². The second-order valence-corrected chi connectivity index (χ2v) is 5.61. The number of ketones is 1. The molecule has 0 atom stereocenters. The minimum Gasteiger partial charge on any atom is -0.330 e. The Morgan fingerprint density at radius 1 is 1.32 bits per heavy atom. The van der Waals surface area contributed by atoms with Crippen LogP contribution in [0.25, 0.3) is 0 Å². The van der Waals surface area contributed by atoms with Gasteiger partial charge in [0.25, 0.3) is 0 Å². The smallest absolute Gasteiger partial charge is 0.141 e. The van der Waals surface area contributed by atoms with Gasteiger partial charge in [0, 0.05) is 24.2 Å². The number of hydrogen-bond acceptors (Lipinski definition) is 3. The highest BCUT2D eigenvalue weighted by Gasteiger charge is 2.25. The standard InChI is InChI=1S/C16H24N2O/c1-2-12-5-8-15(18-11-12)9-16(19)14-6-3-13(10-17)4-7-14/h5,8,11,13-14H,2-4,6-7,9-10,17H2,1H3. The van der Waals surface area contributed by atoms with Gasteiger partial charge in [0.15, 0.2) is 0 Å². The van der Waals surface area contributed by atoms with Crippen molar-refractivity contribution in [2.45, 2.75) is 45.4 Å². The van der Waals surface area contributed by atoms with Crippen molar-refractivity contribution in [3.63, 3.8) is 0 Å². The highest BCUT2D eigenvalue weighted by molar-refractivity contribution is 5.82. The van der Waals surface area contributed by atoms with E-state index in [-0.39, 0.29) is 5.92 Å². The minimum atomic E-state index is 0.232. The molecule has 3 heteroatoms. The number of Topliss-reactive ketones (excluding diaryl/α,β-unsaturated/α-hetero) is 1. The third kappa shape index (κ3) is 3.87. The molecule has 2 N–H and O–H groups in total. The first-order chi connectivity index (χ1) is 9.22. The Bertz CT molecular complexity index is 405. The second kappa shape index (κ2) is 6.80. The maximum atomic E-state index is 12.2. The predicted octanol–water partition coefficient (Wildman–Crippen LogP) is 2.52. The Labute approximate surface area is 115 Å². The number of nitrogens with zero attached hydrogens (tertiary/aromatic N) is 1. The molecule has 0 unspecified atom stereocenters. The third-order valence-electron chi connectivity index (χ3n) is 4.29. The normalized spacial score (nSPS) is 23.3. The molecule has 1 aliphatic rings. The van der Waals surface area contributed by atoms with Crippen molar-refractivity contribution < 1.29 is 4.79 Å². The van der Waals surface area contributed by atoms with Crippen LogP contribution in [0.2, 0.25) is 0 Å². The SMILES string of the molecule is CCc1ccc(CC(=O)C2CCC(CN)CC2)nc1. The molecule has 0 spiro atoms. The van der Waals surface area contributed by atoms with Gasteiger partial charge in [-0.25, -0.2) is 0 Å². The summed E-state index contributed by atoms with van der Waals surface area (Å²) in [5.74, 6) is 1.22. The second-order valence-electron chi connectivity index (χ2n) is 5.61. The molecule has 0 aliphatic heterocycles. The summed E-state index contributed by atoms with van der Waals surface area (Å²) < 4.78 is 0. The first-order valence-corrected chi connectivity index (χ1v) is 7.39. The van der Waals surface area contributed by atoms with Crippen molar-refractivity contribution >= 4 is 5.78 Å². The maximum Gasteiger partial charge on any atom is 0.141 e. The lowest BCUT2D eigenvalue weighted by atomic mass is 9.79. The number of nitrogens with two attached hydrogens (primary N) is 1. The zero-order valence-electron chi connectivity index (χ0n) is 11.8. The number of aryl methyl sites for hydroxylation is 1. The molecule has 19 heavy (non-hydrogen) atoms. The zero-order valence-corrected chi connectivity index (χ0v) is 11.8. The van der Waals surface area contributed by atoms with Crippen molar-refractivity contribution in [2.24, 2.45) is 17.6 Å². The molecule has 2 rings (SSSR count). The fourth-order valence-electron chi connectivity index (χ4n) is 2.81. The van der Waals surface area contributed by atoms with Crippen LogP contribution in [0.5, 0.6) is 0 Å². The Kier molecular flexibility index (Phi) is 5.08. The van der Waals surface area contributed by atoms with Gasteiger partial charge in [-0.15, -0.1) is 0 Å². The van der Waals surface area contributed by atoms with Crippen molar-refractivity contribution in [3.05, 3.63) is 29.6 Å². The van der Waals surface area contributed by atoms with E-state index >= 15 is 0 Å². The van der Waals surface area contributed by atoms with E-state index < -0.39 is 0 Å². The molecule has 0 saturated heterocycles. The van der Waals surface area contributed by atoms with E-state index in [0.717, 1.165) is 44.3 Å². The van der Waals surface area contributed by atoms with Gasteiger partial charge in [-0.2, -0.15) is 0 Å². The van der Waals surface area contributed by atoms with Crippen LogP contribution in [0.1, 0.15) is 43.9 Å². The highest BCUT2D eigenvalue weighted by atomic mass is 16.1. The summed E-state index contributed by atoms with van der Waals surface area (Å²) in [6.07, 6.45) is 7.59. The van der Waals surface area contributed by atoms with Gasteiger partial charge >= 0.3 is 0 Å². The molecule has 1 fully saturated rings. The Morgan fingerprint density at radius 2 is 2.05 bits per heavy atom. The predicted molar refractivity (Wildman–Crippen MR) is 76.8 cm³/mol. The van der Waals surface area contributed by atoms with Crippen molar-refractivity contribution in [1.82, 2.24) is 4.98 Å². The Balaban J connectivity index is 1.86. The first kappa shape index (κ1) is 14.2. The van der Waals surface area contributed by atoms with Crippen LogP contribution in [0.15, 0.2) is 18.3 Å². The molecule has 1 aliphatic carbocycles.